The minimum atomic E-state index is -0.193. The molecule has 0 saturated heterocycles. The fourth-order valence-corrected chi connectivity index (χ4v) is 2.71. The van der Waals surface area contributed by atoms with Crippen LogP contribution in [-0.4, -0.2) is 44.2 Å². The number of carbonyl (C=O) groups is 1. The van der Waals surface area contributed by atoms with E-state index in [9.17, 15) is 4.79 Å². The van der Waals surface area contributed by atoms with Crippen LogP contribution in [0.2, 0.25) is 0 Å². The van der Waals surface area contributed by atoms with Crippen LogP contribution >= 0.6 is 0 Å². The van der Waals surface area contributed by atoms with Crippen LogP contribution in [0.3, 0.4) is 0 Å². The number of benzene rings is 2. The first-order valence-electron chi connectivity index (χ1n) is 7.87. The Hall–Kier alpha value is -2.69. The van der Waals surface area contributed by atoms with Gasteiger partial charge < -0.3 is 19.1 Å². The molecule has 0 aliphatic carbocycles. The van der Waals surface area contributed by atoms with Crippen LogP contribution in [0.4, 0.5) is 0 Å². The highest BCUT2D eigenvalue weighted by Gasteiger charge is 2.24. The van der Waals surface area contributed by atoms with Crippen LogP contribution in [0.25, 0.3) is 0 Å². The summed E-state index contributed by atoms with van der Waals surface area (Å²) in [5.41, 5.74) is 1.59. The third-order valence-corrected chi connectivity index (χ3v) is 4.05. The molecule has 126 valence electrons. The molecule has 0 spiro atoms. The maximum Gasteiger partial charge on any atom is 0.253 e. The molecule has 0 bridgehead atoms. The first-order chi connectivity index (χ1) is 11.6. The van der Waals surface area contributed by atoms with Gasteiger partial charge in [0, 0.05) is 12.6 Å². The van der Waals surface area contributed by atoms with E-state index in [1.54, 1.807) is 25.1 Å². The molecule has 1 atom stereocenters. The minimum Gasteiger partial charge on any atom is -0.496 e. The number of amides is 1. The molecule has 1 amide bonds. The van der Waals surface area contributed by atoms with Gasteiger partial charge >= 0.3 is 0 Å². The van der Waals surface area contributed by atoms with E-state index >= 15 is 0 Å². The van der Waals surface area contributed by atoms with Crippen molar-refractivity contribution in [1.29, 1.82) is 0 Å². The lowest BCUT2D eigenvalue weighted by Gasteiger charge is -2.29. The molecular weight excluding hydrogens is 306 g/mol. The Morgan fingerprint density at radius 3 is 2.75 bits per heavy atom. The number of ether oxygens (including phenoxy) is 3. The second-order valence-corrected chi connectivity index (χ2v) is 5.87. The second-order valence-electron chi connectivity index (χ2n) is 5.87. The zero-order valence-electron chi connectivity index (χ0n) is 14.1. The van der Waals surface area contributed by atoms with Crippen molar-refractivity contribution in [3.8, 4) is 17.2 Å². The molecule has 0 unspecified atom stereocenters. The normalized spacial score (nSPS) is 15.7. The van der Waals surface area contributed by atoms with E-state index in [1.807, 2.05) is 43.3 Å². The van der Waals surface area contributed by atoms with E-state index in [0.29, 0.717) is 30.2 Å². The summed E-state index contributed by atoms with van der Waals surface area (Å²) in [6.07, 6.45) is -0.193. The van der Waals surface area contributed by atoms with Crippen LogP contribution in [0.15, 0.2) is 42.5 Å². The van der Waals surface area contributed by atoms with Gasteiger partial charge in [0.05, 0.1) is 13.7 Å². The standard InChI is InChI=1S/C19H21NO4/c1-13-8-9-14(10-18(13)22-3)19(21)20(2)11-15-12-23-16-6-4-5-7-17(16)24-15/h4-10,15H,11-12H2,1-3H3/t15-/m0/s1. The van der Waals surface area contributed by atoms with E-state index in [-0.39, 0.29) is 12.0 Å². The lowest BCUT2D eigenvalue weighted by atomic mass is 10.1. The van der Waals surface area contributed by atoms with Crippen molar-refractivity contribution >= 4 is 5.91 Å². The third kappa shape index (κ3) is 3.30. The monoisotopic (exact) mass is 327 g/mol. The summed E-state index contributed by atoms with van der Waals surface area (Å²) in [5, 5.41) is 0. The molecule has 1 aliphatic rings. The predicted octanol–water partition coefficient (Wildman–Crippen LogP) is 2.92. The summed E-state index contributed by atoms with van der Waals surface area (Å²) in [6.45, 7) is 2.82. The smallest absolute Gasteiger partial charge is 0.253 e. The molecule has 0 N–H and O–H groups in total. The largest absolute Gasteiger partial charge is 0.496 e. The number of para-hydroxylation sites is 2. The van der Waals surface area contributed by atoms with Crippen LogP contribution in [0, 0.1) is 6.92 Å². The fraction of sp³-hybridized carbons (Fsp3) is 0.316. The van der Waals surface area contributed by atoms with Crippen LogP contribution < -0.4 is 14.2 Å². The quantitative estimate of drug-likeness (QED) is 0.866. The number of carbonyl (C=O) groups excluding carboxylic acids is 1. The summed E-state index contributed by atoms with van der Waals surface area (Å²) in [4.78, 5) is 14.3. The van der Waals surface area contributed by atoms with Crippen molar-refractivity contribution in [1.82, 2.24) is 4.90 Å². The van der Waals surface area contributed by atoms with Crippen molar-refractivity contribution in [2.75, 3.05) is 27.3 Å². The highest BCUT2D eigenvalue weighted by atomic mass is 16.6. The minimum absolute atomic E-state index is 0.0734. The van der Waals surface area contributed by atoms with Gasteiger partial charge in [0.15, 0.2) is 17.6 Å². The van der Waals surface area contributed by atoms with Crippen LogP contribution in [-0.2, 0) is 0 Å². The zero-order valence-corrected chi connectivity index (χ0v) is 14.1. The predicted molar refractivity (Wildman–Crippen MR) is 91.0 cm³/mol. The van der Waals surface area contributed by atoms with Crippen LogP contribution in [0.1, 0.15) is 15.9 Å². The van der Waals surface area contributed by atoms with Gasteiger partial charge in [0.25, 0.3) is 5.91 Å². The van der Waals surface area contributed by atoms with Crippen molar-refractivity contribution in [2.45, 2.75) is 13.0 Å². The maximum absolute atomic E-state index is 12.6. The number of likely N-dealkylation sites (N-methyl/N-ethyl adjacent to an activating group) is 1. The Morgan fingerprint density at radius 2 is 2.00 bits per heavy atom. The highest BCUT2D eigenvalue weighted by Crippen LogP contribution is 2.31. The number of methoxy groups -OCH3 is 1. The first-order valence-corrected chi connectivity index (χ1v) is 7.87. The Bertz CT molecular complexity index is 744. The topological polar surface area (TPSA) is 48.0 Å². The summed E-state index contributed by atoms with van der Waals surface area (Å²) < 4.78 is 16.9. The van der Waals surface area contributed by atoms with Crippen molar-refractivity contribution in [2.24, 2.45) is 0 Å². The molecule has 5 nitrogen and oxygen atoms in total. The molecule has 2 aromatic carbocycles. The number of hydrogen-bond donors (Lipinski definition) is 0. The van der Waals surface area contributed by atoms with Crippen molar-refractivity contribution < 1.29 is 19.0 Å². The molecule has 1 heterocycles. The Balaban J connectivity index is 1.67. The van der Waals surface area contributed by atoms with E-state index < -0.39 is 0 Å². The molecule has 0 aromatic heterocycles. The maximum atomic E-state index is 12.6. The number of rotatable bonds is 4. The summed E-state index contributed by atoms with van der Waals surface area (Å²) >= 11 is 0. The van der Waals surface area contributed by atoms with E-state index in [4.69, 9.17) is 14.2 Å². The molecule has 24 heavy (non-hydrogen) atoms. The van der Waals surface area contributed by atoms with E-state index in [1.165, 1.54) is 0 Å². The van der Waals surface area contributed by atoms with Gasteiger partial charge in [-0.15, -0.1) is 0 Å². The lowest BCUT2D eigenvalue weighted by Crippen LogP contribution is -2.41. The second kappa shape index (κ2) is 6.83. The molecule has 0 radical (unpaired) electrons. The van der Waals surface area contributed by atoms with Gasteiger partial charge in [0.1, 0.15) is 12.4 Å². The summed E-state index contributed by atoms with van der Waals surface area (Å²) in [6, 6.07) is 13.0. The first kappa shape index (κ1) is 16.2. The Morgan fingerprint density at radius 1 is 1.25 bits per heavy atom. The molecule has 0 saturated carbocycles. The summed E-state index contributed by atoms with van der Waals surface area (Å²) in [7, 11) is 3.36. The van der Waals surface area contributed by atoms with Crippen molar-refractivity contribution in [3.05, 3.63) is 53.6 Å². The zero-order chi connectivity index (χ0) is 17.1. The summed E-state index contributed by atoms with van der Waals surface area (Å²) in [5.74, 6) is 2.09. The number of fused-ring (bicyclic) bond motifs is 1. The van der Waals surface area contributed by atoms with E-state index in [0.717, 1.165) is 11.3 Å². The average Bonchev–Trinajstić information content (AvgIpc) is 2.61. The average molecular weight is 327 g/mol. The van der Waals surface area contributed by atoms with Gasteiger partial charge in [-0.1, -0.05) is 18.2 Å². The number of hydrogen-bond acceptors (Lipinski definition) is 4. The lowest BCUT2D eigenvalue weighted by molar-refractivity contribution is 0.0521. The molecule has 1 aliphatic heterocycles. The van der Waals surface area contributed by atoms with Gasteiger partial charge in [-0.2, -0.15) is 0 Å². The SMILES string of the molecule is COc1cc(C(=O)N(C)C[C@H]2COc3ccccc3O2)ccc1C. The molecule has 5 heteroatoms. The van der Waals surface area contributed by atoms with Crippen molar-refractivity contribution in [3.63, 3.8) is 0 Å². The molecule has 3 rings (SSSR count). The van der Waals surface area contributed by atoms with Gasteiger partial charge in [-0.05, 0) is 36.8 Å². The third-order valence-electron chi connectivity index (χ3n) is 4.05. The van der Waals surface area contributed by atoms with Gasteiger partial charge in [0.2, 0.25) is 0 Å². The highest BCUT2D eigenvalue weighted by molar-refractivity contribution is 5.94. The van der Waals surface area contributed by atoms with Gasteiger partial charge in [-0.25, -0.2) is 0 Å². The number of nitrogens with zero attached hydrogens (tertiary/aromatic N) is 1. The molecule has 0 fully saturated rings. The fourth-order valence-electron chi connectivity index (χ4n) is 2.71. The Kier molecular flexibility index (Phi) is 4.60. The molecular formula is C19H21NO4. The number of aryl methyl sites for hydroxylation is 1. The van der Waals surface area contributed by atoms with Gasteiger partial charge in [-0.3, -0.25) is 4.79 Å². The van der Waals surface area contributed by atoms with Crippen LogP contribution in [0.5, 0.6) is 17.2 Å². The van der Waals surface area contributed by atoms with E-state index in [2.05, 4.69) is 0 Å². The Labute approximate surface area is 141 Å². The molecule has 2 aromatic rings.